The molecule has 0 saturated heterocycles. The lowest BCUT2D eigenvalue weighted by atomic mass is 9.81. The van der Waals surface area contributed by atoms with Gasteiger partial charge in [-0.1, -0.05) is 397 Å². The summed E-state index contributed by atoms with van der Waals surface area (Å²) in [4.78, 5) is 0. The predicted molar refractivity (Wildman–Crippen MR) is 439 cm³/mol. The molecular weight excluding hydrogens is 1220 g/mol. The highest BCUT2D eigenvalue weighted by molar-refractivity contribution is 5.98. The molecule has 0 radical (unpaired) electrons. The average molecular weight is 1320 g/mol. The molecule has 0 amide bonds. The minimum atomic E-state index is 0.0709. The van der Waals surface area contributed by atoms with Crippen LogP contribution in [0, 0.1) is 41.5 Å². The first kappa shape index (κ1) is 72.6. The van der Waals surface area contributed by atoms with Gasteiger partial charge in [0.2, 0.25) is 0 Å². The van der Waals surface area contributed by atoms with E-state index in [4.69, 9.17) is 4.74 Å². The van der Waals surface area contributed by atoms with Gasteiger partial charge in [0.15, 0.2) is 0 Å². The van der Waals surface area contributed by atoms with Crippen LogP contribution in [0.25, 0.3) is 76.8 Å². The van der Waals surface area contributed by atoms with Crippen LogP contribution in [-0.2, 0) is 17.3 Å². The summed E-state index contributed by atoms with van der Waals surface area (Å²) in [6, 6.07) is 124. The lowest BCUT2D eigenvalue weighted by molar-refractivity contribution is 0.415. The van der Waals surface area contributed by atoms with Crippen molar-refractivity contribution in [2.45, 2.75) is 99.8 Å². The van der Waals surface area contributed by atoms with Crippen molar-refractivity contribution in [3.05, 3.63) is 413 Å². The van der Waals surface area contributed by atoms with Crippen molar-refractivity contribution in [2.24, 2.45) is 0 Å². The van der Waals surface area contributed by atoms with Gasteiger partial charge in [-0.25, -0.2) is 0 Å². The molecule has 15 aromatic rings. The minimum absolute atomic E-state index is 0.0709. The predicted octanol–water partition coefficient (Wildman–Crippen LogP) is 27.7. The summed E-state index contributed by atoms with van der Waals surface area (Å²) in [5, 5.41) is 8.00. The van der Waals surface area contributed by atoms with Gasteiger partial charge in [0.25, 0.3) is 0 Å². The zero-order chi connectivity index (χ0) is 71.1. The van der Waals surface area contributed by atoms with Gasteiger partial charge in [-0.3, -0.25) is 0 Å². The number of para-hydroxylation sites is 1. The molecule has 0 atom stereocenters. The molecule has 0 unspecified atom stereocenters. The molecule has 1 heteroatoms. The van der Waals surface area contributed by atoms with Gasteiger partial charge in [-0.2, -0.15) is 0 Å². The maximum Gasteiger partial charge on any atom is 0.118 e. The summed E-state index contributed by atoms with van der Waals surface area (Å²) >= 11 is 0. The highest BCUT2D eigenvalue weighted by atomic mass is 16.5. The SMILES string of the molecule is CCCc1ccccc1.COc1ccccc1.Cc1ccc(-c2ccccc2)c2ccccc12.Cc1ccc2c(c1)C(C)(C)c1cc(-c3ccccc3)ccc1-2.Cc1ccc2c(c1)C(C)(C)c1ccccc1-2.Cc1ccc2ccccc2c1.Cc1cccc2ccccc12.Cc1ccccc1. The fourth-order valence-electron chi connectivity index (χ4n) is 13.5. The quantitative estimate of drug-likeness (QED) is 0.167. The Balaban J connectivity index is 0.000000128. The Labute approximate surface area is 603 Å². The maximum atomic E-state index is 4.91. The molecule has 0 aliphatic heterocycles. The zero-order valence-corrected chi connectivity index (χ0v) is 61.3. The third-order valence-corrected chi connectivity index (χ3v) is 19.1. The van der Waals surface area contributed by atoms with Gasteiger partial charge in [-0.15, -0.1) is 0 Å². The van der Waals surface area contributed by atoms with Crippen LogP contribution in [-0.4, -0.2) is 7.11 Å². The maximum absolute atomic E-state index is 4.91. The molecule has 0 fully saturated rings. The van der Waals surface area contributed by atoms with E-state index in [2.05, 4.69) is 379 Å². The summed E-state index contributed by atoms with van der Waals surface area (Å²) in [6.07, 6.45) is 2.45. The zero-order valence-electron chi connectivity index (χ0n) is 61.3. The second-order valence-corrected chi connectivity index (χ2v) is 27.4. The highest BCUT2D eigenvalue weighted by Crippen LogP contribution is 2.51. The van der Waals surface area contributed by atoms with E-state index in [0.717, 1.165) is 5.75 Å². The van der Waals surface area contributed by atoms with Crippen LogP contribution in [0.2, 0.25) is 0 Å². The van der Waals surface area contributed by atoms with Gasteiger partial charge >= 0.3 is 0 Å². The number of hydrogen-bond acceptors (Lipinski definition) is 1. The van der Waals surface area contributed by atoms with Crippen LogP contribution in [0.5, 0.6) is 5.75 Å². The number of aryl methyl sites for hydroxylation is 7. The Morgan fingerprint density at radius 1 is 0.257 bits per heavy atom. The fourth-order valence-corrected chi connectivity index (χ4v) is 13.5. The molecule has 1 nitrogen and oxygen atoms in total. The molecule has 0 bridgehead atoms. The molecule has 15 aromatic carbocycles. The number of ether oxygens (including phenoxy) is 1. The second kappa shape index (κ2) is 35.1. The lowest BCUT2D eigenvalue weighted by Gasteiger charge is -2.22. The first-order valence-electron chi connectivity index (χ1n) is 35.6. The molecule has 101 heavy (non-hydrogen) atoms. The molecule has 0 spiro atoms. The van der Waals surface area contributed by atoms with Gasteiger partial charge in [0, 0.05) is 10.8 Å². The van der Waals surface area contributed by atoms with E-state index in [1.54, 1.807) is 7.11 Å². The molecule has 2 aliphatic carbocycles. The molecule has 17 rings (SSSR count). The van der Waals surface area contributed by atoms with Crippen molar-refractivity contribution >= 4 is 32.3 Å². The largest absolute Gasteiger partial charge is 0.497 e. The lowest BCUT2D eigenvalue weighted by Crippen LogP contribution is -2.15. The first-order chi connectivity index (χ1) is 49.0. The van der Waals surface area contributed by atoms with Crippen LogP contribution in [0.1, 0.15) is 102 Å². The van der Waals surface area contributed by atoms with Gasteiger partial charge < -0.3 is 4.74 Å². The first-order valence-corrected chi connectivity index (χ1v) is 35.6. The number of methoxy groups -OCH3 is 1. The normalized spacial score (nSPS) is 11.8. The van der Waals surface area contributed by atoms with Crippen LogP contribution in [0.4, 0.5) is 0 Å². The van der Waals surface area contributed by atoms with E-state index in [-0.39, 0.29) is 10.8 Å². The summed E-state index contributed by atoms with van der Waals surface area (Å²) in [5.41, 5.74) is 26.3. The molecule has 0 saturated carbocycles. The Morgan fingerprint density at radius 2 is 0.673 bits per heavy atom. The van der Waals surface area contributed by atoms with E-state index in [1.807, 2.05) is 48.5 Å². The summed E-state index contributed by atoms with van der Waals surface area (Å²) in [5.74, 6) is 0.910. The van der Waals surface area contributed by atoms with Crippen molar-refractivity contribution < 1.29 is 4.74 Å². The number of rotatable bonds is 5. The van der Waals surface area contributed by atoms with E-state index in [1.165, 1.54) is 151 Å². The molecule has 504 valence electrons. The molecule has 0 heterocycles. The minimum Gasteiger partial charge on any atom is -0.497 e. The summed E-state index contributed by atoms with van der Waals surface area (Å²) in [7, 11) is 1.66. The van der Waals surface area contributed by atoms with Crippen molar-refractivity contribution in [1.82, 2.24) is 0 Å². The Kier molecular flexibility index (Phi) is 25.2. The average Bonchev–Trinajstić information content (AvgIpc) is 1.60. The van der Waals surface area contributed by atoms with E-state index in [0.29, 0.717) is 0 Å². The third kappa shape index (κ3) is 18.8. The Hall–Kier alpha value is -11.1. The van der Waals surface area contributed by atoms with E-state index >= 15 is 0 Å². The van der Waals surface area contributed by atoms with E-state index < -0.39 is 0 Å². The van der Waals surface area contributed by atoms with Crippen molar-refractivity contribution in [3.8, 4) is 50.3 Å². The monoisotopic (exact) mass is 1310 g/mol. The highest BCUT2D eigenvalue weighted by Gasteiger charge is 2.36. The topological polar surface area (TPSA) is 9.23 Å². The smallest absolute Gasteiger partial charge is 0.118 e. The second-order valence-electron chi connectivity index (χ2n) is 27.4. The van der Waals surface area contributed by atoms with Crippen LogP contribution in [0.15, 0.2) is 352 Å². The number of fused-ring (bicyclic) bond motifs is 9. The van der Waals surface area contributed by atoms with Crippen molar-refractivity contribution in [3.63, 3.8) is 0 Å². The summed E-state index contributed by atoms with van der Waals surface area (Å²) < 4.78 is 4.91. The van der Waals surface area contributed by atoms with Gasteiger partial charge in [0.1, 0.15) is 5.75 Å². The van der Waals surface area contributed by atoms with Crippen molar-refractivity contribution in [1.29, 1.82) is 0 Å². The standard InChI is InChI=1S/C22H20.C17H14.C16H16.2C11H10.C9H12.C7H8O.C7H8/c1-15-9-11-18-19-12-10-17(16-7-5-4-6-8-16)14-21(19)22(2,3)20(18)13-15;1-13-11-12-16(14-7-3-2-4-8-14)17-10-6-5-9-15(13)17;1-11-8-9-13-12-6-4-5-7-14(12)16(2,3)15(13)10-11;1-9-5-4-7-10-6-2-3-8-11(9)10;1-9-6-7-10-4-2-3-5-11(10)8-9;1-2-6-9-7-4-3-5-8-9;1-8-7-5-3-2-4-6-7;1-7-5-3-2-4-6-7/h4-14H,1-3H3;2-12H,1H3;4-10H,1-3H3;2*2-8H,1H3;3-5,7-8H,2,6H2,1H3;2-6H,1H3;2-6H,1H3. The third-order valence-electron chi connectivity index (χ3n) is 19.1. The summed E-state index contributed by atoms with van der Waals surface area (Å²) in [6.45, 7) is 24.4. The Morgan fingerprint density at radius 3 is 1.24 bits per heavy atom. The van der Waals surface area contributed by atoms with Crippen LogP contribution >= 0.6 is 0 Å². The number of hydrogen-bond donors (Lipinski definition) is 0. The fraction of sp³-hybridized carbons (Fsp3) is 0.160. The molecule has 0 aromatic heterocycles. The van der Waals surface area contributed by atoms with Gasteiger partial charge in [-0.05, 0) is 182 Å². The Bertz CT molecular complexity index is 5070. The molecular formula is C100H98O. The van der Waals surface area contributed by atoms with Crippen LogP contribution in [0.3, 0.4) is 0 Å². The molecule has 2 aliphatic rings. The van der Waals surface area contributed by atoms with Gasteiger partial charge in [0.05, 0.1) is 7.11 Å². The number of benzene rings is 15. The van der Waals surface area contributed by atoms with Crippen molar-refractivity contribution in [2.75, 3.05) is 7.11 Å². The van der Waals surface area contributed by atoms with Crippen LogP contribution < -0.4 is 4.74 Å². The molecule has 0 N–H and O–H groups in total. The van der Waals surface area contributed by atoms with E-state index in [9.17, 15) is 0 Å².